The Kier molecular flexibility index (Phi) is 4.37. The standard InChI is InChI=1S/C20H24N2O/c1-14-8-9-17(15(2)12-14)10-11-21-20(23)22-16(3)13-18-6-4-5-7-19(18)22/h4-9,12,16H,10-11,13H2,1-3H3,(H,21,23). The van der Waals surface area contributed by atoms with Gasteiger partial charge < -0.3 is 5.32 Å². The van der Waals surface area contributed by atoms with Crippen LogP contribution in [0.2, 0.25) is 0 Å². The zero-order chi connectivity index (χ0) is 16.4. The van der Waals surface area contributed by atoms with Crippen molar-refractivity contribution in [1.29, 1.82) is 0 Å². The molecule has 0 bridgehead atoms. The second kappa shape index (κ2) is 6.45. The number of fused-ring (bicyclic) bond motifs is 1. The summed E-state index contributed by atoms with van der Waals surface area (Å²) in [7, 11) is 0. The third kappa shape index (κ3) is 3.24. The smallest absolute Gasteiger partial charge is 0.322 e. The third-order valence-corrected chi connectivity index (χ3v) is 4.59. The molecule has 2 amide bonds. The molecule has 1 aliphatic heterocycles. The maximum absolute atomic E-state index is 12.6. The van der Waals surface area contributed by atoms with Crippen LogP contribution in [-0.4, -0.2) is 18.6 Å². The Morgan fingerprint density at radius 1 is 1.22 bits per heavy atom. The lowest BCUT2D eigenvalue weighted by molar-refractivity contribution is 0.245. The molecule has 1 heterocycles. The highest BCUT2D eigenvalue weighted by atomic mass is 16.2. The molecule has 1 aliphatic rings. The fourth-order valence-corrected chi connectivity index (χ4v) is 3.39. The SMILES string of the molecule is Cc1ccc(CCNC(=O)N2c3ccccc3CC2C)c(C)c1. The van der Waals surface area contributed by atoms with E-state index in [1.807, 2.05) is 23.1 Å². The van der Waals surface area contributed by atoms with Gasteiger partial charge in [0, 0.05) is 18.3 Å². The summed E-state index contributed by atoms with van der Waals surface area (Å²) in [5.74, 6) is 0. The summed E-state index contributed by atoms with van der Waals surface area (Å²) >= 11 is 0. The molecule has 3 nitrogen and oxygen atoms in total. The summed E-state index contributed by atoms with van der Waals surface area (Å²) < 4.78 is 0. The molecule has 0 fully saturated rings. The summed E-state index contributed by atoms with van der Waals surface area (Å²) in [6, 6.07) is 14.9. The maximum Gasteiger partial charge on any atom is 0.322 e. The quantitative estimate of drug-likeness (QED) is 0.913. The second-order valence-electron chi connectivity index (χ2n) is 6.46. The molecule has 0 aliphatic carbocycles. The molecular formula is C20H24N2O. The number of urea groups is 1. The molecule has 0 saturated carbocycles. The Bertz CT molecular complexity index is 723. The molecule has 1 N–H and O–H groups in total. The van der Waals surface area contributed by atoms with E-state index in [2.05, 4.69) is 50.4 Å². The number of hydrogen-bond acceptors (Lipinski definition) is 1. The van der Waals surface area contributed by atoms with Gasteiger partial charge in [-0.2, -0.15) is 0 Å². The molecule has 3 heteroatoms. The summed E-state index contributed by atoms with van der Waals surface area (Å²) in [6.45, 7) is 6.99. The summed E-state index contributed by atoms with van der Waals surface area (Å²) in [5, 5.41) is 3.07. The predicted molar refractivity (Wildman–Crippen MR) is 95.1 cm³/mol. The number of aryl methyl sites for hydroxylation is 2. The van der Waals surface area contributed by atoms with Gasteiger partial charge in [0.05, 0.1) is 0 Å². The van der Waals surface area contributed by atoms with E-state index in [4.69, 9.17) is 0 Å². The van der Waals surface area contributed by atoms with Crippen molar-refractivity contribution in [2.45, 2.75) is 39.7 Å². The largest absolute Gasteiger partial charge is 0.337 e. The van der Waals surface area contributed by atoms with Gasteiger partial charge in [-0.15, -0.1) is 0 Å². The Labute approximate surface area is 138 Å². The van der Waals surface area contributed by atoms with Crippen LogP contribution in [0, 0.1) is 13.8 Å². The minimum Gasteiger partial charge on any atom is -0.337 e. The first-order valence-corrected chi connectivity index (χ1v) is 8.27. The van der Waals surface area contributed by atoms with Crippen LogP contribution in [-0.2, 0) is 12.8 Å². The van der Waals surface area contributed by atoms with Crippen LogP contribution in [0.4, 0.5) is 10.5 Å². The van der Waals surface area contributed by atoms with Crippen LogP contribution in [0.1, 0.15) is 29.2 Å². The first-order valence-electron chi connectivity index (χ1n) is 8.27. The number of rotatable bonds is 3. The van der Waals surface area contributed by atoms with E-state index in [1.165, 1.54) is 22.3 Å². The van der Waals surface area contributed by atoms with Crippen molar-refractivity contribution in [2.24, 2.45) is 0 Å². The van der Waals surface area contributed by atoms with E-state index in [9.17, 15) is 4.79 Å². The van der Waals surface area contributed by atoms with Gasteiger partial charge in [0.1, 0.15) is 0 Å². The van der Waals surface area contributed by atoms with E-state index in [0.29, 0.717) is 6.54 Å². The maximum atomic E-state index is 12.6. The van der Waals surface area contributed by atoms with E-state index in [0.717, 1.165) is 18.5 Å². The third-order valence-electron chi connectivity index (χ3n) is 4.59. The van der Waals surface area contributed by atoms with Gasteiger partial charge in [-0.1, -0.05) is 42.0 Å². The molecule has 23 heavy (non-hydrogen) atoms. The number of anilines is 1. The number of amides is 2. The van der Waals surface area contributed by atoms with Crippen LogP contribution < -0.4 is 10.2 Å². The number of carbonyl (C=O) groups is 1. The Morgan fingerprint density at radius 2 is 2.00 bits per heavy atom. The zero-order valence-electron chi connectivity index (χ0n) is 14.1. The number of hydrogen-bond donors (Lipinski definition) is 1. The molecule has 120 valence electrons. The first-order chi connectivity index (χ1) is 11.1. The van der Waals surface area contributed by atoms with Gasteiger partial charge in [-0.3, -0.25) is 4.90 Å². The molecule has 0 aromatic heterocycles. The lowest BCUT2D eigenvalue weighted by Crippen LogP contribution is -2.43. The highest BCUT2D eigenvalue weighted by molar-refractivity contribution is 5.94. The number of benzene rings is 2. The molecule has 1 unspecified atom stereocenters. The lowest BCUT2D eigenvalue weighted by atomic mass is 10.0. The van der Waals surface area contributed by atoms with Gasteiger partial charge in [-0.05, 0) is 56.4 Å². The molecule has 1 atom stereocenters. The van der Waals surface area contributed by atoms with Crippen molar-refractivity contribution < 1.29 is 4.79 Å². The first kappa shape index (κ1) is 15.6. The summed E-state index contributed by atoms with van der Waals surface area (Å²) in [6.07, 6.45) is 1.79. The van der Waals surface area contributed by atoms with Crippen molar-refractivity contribution in [3.05, 3.63) is 64.7 Å². The summed E-state index contributed by atoms with van der Waals surface area (Å²) in [4.78, 5) is 14.4. The number of para-hydroxylation sites is 1. The normalized spacial score (nSPS) is 16.3. The van der Waals surface area contributed by atoms with Crippen molar-refractivity contribution >= 4 is 11.7 Å². The fraction of sp³-hybridized carbons (Fsp3) is 0.350. The summed E-state index contributed by atoms with van der Waals surface area (Å²) in [5.41, 5.74) is 6.16. The monoisotopic (exact) mass is 308 g/mol. The van der Waals surface area contributed by atoms with Crippen molar-refractivity contribution in [3.8, 4) is 0 Å². The Morgan fingerprint density at radius 3 is 2.78 bits per heavy atom. The topological polar surface area (TPSA) is 32.3 Å². The fourth-order valence-electron chi connectivity index (χ4n) is 3.39. The molecule has 0 radical (unpaired) electrons. The van der Waals surface area contributed by atoms with E-state index < -0.39 is 0 Å². The number of carbonyl (C=O) groups excluding carboxylic acids is 1. The Hall–Kier alpha value is -2.29. The average Bonchev–Trinajstić information content (AvgIpc) is 2.85. The van der Waals surface area contributed by atoms with Crippen LogP contribution in [0.5, 0.6) is 0 Å². The van der Waals surface area contributed by atoms with Crippen molar-refractivity contribution in [1.82, 2.24) is 5.32 Å². The minimum atomic E-state index is 0.00668. The van der Waals surface area contributed by atoms with Gasteiger partial charge >= 0.3 is 6.03 Å². The van der Waals surface area contributed by atoms with Gasteiger partial charge in [0.2, 0.25) is 0 Å². The lowest BCUT2D eigenvalue weighted by Gasteiger charge is -2.23. The minimum absolute atomic E-state index is 0.00668. The highest BCUT2D eigenvalue weighted by Crippen LogP contribution is 2.31. The molecule has 3 rings (SSSR count). The second-order valence-corrected chi connectivity index (χ2v) is 6.46. The Balaban J connectivity index is 1.62. The van der Waals surface area contributed by atoms with Crippen LogP contribution in [0.25, 0.3) is 0 Å². The van der Waals surface area contributed by atoms with Crippen molar-refractivity contribution in [3.63, 3.8) is 0 Å². The van der Waals surface area contributed by atoms with Crippen molar-refractivity contribution in [2.75, 3.05) is 11.4 Å². The number of nitrogens with one attached hydrogen (secondary N) is 1. The molecule has 0 saturated heterocycles. The van der Waals surface area contributed by atoms with Gasteiger partial charge in [0.15, 0.2) is 0 Å². The van der Waals surface area contributed by atoms with E-state index in [1.54, 1.807) is 0 Å². The van der Waals surface area contributed by atoms with Gasteiger partial charge in [0.25, 0.3) is 0 Å². The highest BCUT2D eigenvalue weighted by Gasteiger charge is 2.30. The zero-order valence-corrected chi connectivity index (χ0v) is 14.1. The van der Waals surface area contributed by atoms with Gasteiger partial charge in [-0.25, -0.2) is 4.79 Å². The predicted octanol–water partition coefficient (Wildman–Crippen LogP) is 4.01. The molecule has 0 spiro atoms. The van der Waals surface area contributed by atoms with Crippen LogP contribution in [0.15, 0.2) is 42.5 Å². The van der Waals surface area contributed by atoms with Crippen LogP contribution >= 0.6 is 0 Å². The van der Waals surface area contributed by atoms with E-state index in [-0.39, 0.29) is 12.1 Å². The molecular weight excluding hydrogens is 284 g/mol. The van der Waals surface area contributed by atoms with E-state index >= 15 is 0 Å². The van der Waals surface area contributed by atoms with Crippen LogP contribution in [0.3, 0.4) is 0 Å². The number of nitrogens with zero attached hydrogens (tertiary/aromatic N) is 1. The molecule has 2 aromatic rings. The molecule has 2 aromatic carbocycles. The average molecular weight is 308 g/mol.